The van der Waals surface area contributed by atoms with Gasteiger partial charge in [-0.25, -0.2) is 8.78 Å². The van der Waals surface area contributed by atoms with Gasteiger partial charge in [0.15, 0.2) is 0 Å². The topological polar surface area (TPSA) is 19.7 Å². The van der Waals surface area contributed by atoms with Gasteiger partial charge in [-0.2, -0.15) is 0 Å². The van der Waals surface area contributed by atoms with Crippen molar-refractivity contribution in [1.29, 1.82) is 0 Å². The van der Waals surface area contributed by atoms with E-state index in [4.69, 9.17) is 0 Å². The van der Waals surface area contributed by atoms with Gasteiger partial charge in [0.25, 0.3) is 0 Å². The minimum Gasteiger partial charge on any atom is -0.309 e. The zero-order chi connectivity index (χ0) is 54.3. The molecule has 0 N–H and O–H groups in total. The van der Waals surface area contributed by atoms with Gasteiger partial charge in [0.2, 0.25) is 0 Å². The molecule has 15 aromatic rings. The van der Waals surface area contributed by atoms with Crippen molar-refractivity contribution in [2.45, 2.75) is 52.4 Å². The molecule has 0 atom stereocenters. The Kier molecular flexibility index (Phi) is 10.4. The monoisotopic (exact) mass is 1040 g/mol. The van der Waals surface area contributed by atoms with Crippen LogP contribution < -0.4 is 0 Å². The first-order valence-electron chi connectivity index (χ1n) is 27.7. The lowest BCUT2D eigenvalue weighted by molar-refractivity contribution is 0.572. The minimum absolute atomic E-state index is 0.356. The van der Waals surface area contributed by atoms with Crippen molar-refractivity contribution in [3.8, 4) is 45.0 Å². The molecule has 0 spiro atoms. The van der Waals surface area contributed by atoms with Crippen molar-refractivity contribution in [2.24, 2.45) is 0 Å². The van der Waals surface area contributed by atoms with Gasteiger partial charge in [0, 0.05) is 82.3 Å². The summed E-state index contributed by atoms with van der Waals surface area (Å²) in [5, 5.41) is 8.67. The quantitative estimate of drug-likeness (QED) is 0.158. The third kappa shape index (κ3) is 6.78. The fourth-order valence-electron chi connectivity index (χ4n) is 13.7. The first-order chi connectivity index (χ1) is 38.9. The summed E-state index contributed by atoms with van der Waals surface area (Å²) in [5.74, 6) is -0.713. The fraction of sp³-hybridized carbons (Fsp3) is 0.108. The Hall–Kier alpha value is -9.52. The number of aromatic nitrogens is 4. The molecule has 0 saturated heterocycles. The summed E-state index contributed by atoms with van der Waals surface area (Å²) in [7, 11) is 0. The van der Waals surface area contributed by atoms with Crippen LogP contribution in [-0.2, 0) is 10.8 Å². The summed E-state index contributed by atoms with van der Waals surface area (Å²) >= 11 is 0. The summed E-state index contributed by atoms with van der Waals surface area (Å²) in [6.45, 7) is 13.4. The molecule has 4 aromatic heterocycles. The predicted molar refractivity (Wildman–Crippen MR) is 332 cm³/mol. The maximum absolute atomic E-state index is 17.9. The first kappa shape index (κ1) is 47.7. The van der Waals surface area contributed by atoms with Gasteiger partial charge in [-0.05, 0) is 89.2 Å². The molecule has 4 heterocycles. The molecule has 0 fully saturated rings. The third-order valence-electron chi connectivity index (χ3n) is 16.6. The van der Waals surface area contributed by atoms with E-state index in [9.17, 15) is 0 Å². The highest BCUT2D eigenvalue weighted by Gasteiger charge is 2.40. The average molecular weight is 1040 g/mol. The van der Waals surface area contributed by atoms with Crippen molar-refractivity contribution in [3.05, 3.63) is 253 Å². The lowest BCUT2D eigenvalue weighted by Gasteiger charge is -2.38. The van der Waals surface area contributed by atoms with Crippen LogP contribution in [0.1, 0.15) is 52.7 Å². The number of halogens is 2. The Morgan fingerprint density at radius 2 is 0.600 bits per heavy atom. The number of rotatable bonds is 6. The number of nitrogens with zero attached hydrogens (tertiary/aromatic N) is 4. The van der Waals surface area contributed by atoms with E-state index in [-0.39, 0.29) is 11.6 Å². The van der Waals surface area contributed by atoms with E-state index in [2.05, 4.69) is 242 Å². The molecular weight excluding hydrogens is 983 g/mol. The van der Waals surface area contributed by atoms with Crippen molar-refractivity contribution in [2.75, 3.05) is 0 Å². The lowest BCUT2D eigenvalue weighted by Crippen LogP contribution is -2.26. The van der Waals surface area contributed by atoms with Crippen molar-refractivity contribution < 1.29 is 8.78 Å². The summed E-state index contributed by atoms with van der Waals surface area (Å²) < 4.78 is 45.6. The Morgan fingerprint density at radius 3 is 0.975 bits per heavy atom. The molecular formula is C74H56F2N4. The standard InChI is InChI=1S/C74H56F2N4/c1-73(2,3)67-65(51-31-13-19-35-55(51)75)71(79-57-37-21-15-29-47(57)49-41-43-61-63(69(49)79)53-33-17-23-39-59(53)77(61)45-25-9-7-10-26-45)68(74(4,5)6)72(66(67)52-32-14-20-36-56(52)76)80-58-38-22-16-30-48(58)50-42-44-62-64(70(50)80)54-34-18-24-40-60(54)78(62)46-27-11-8-12-28-46/h7-44H,1-6H3. The van der Waals surface area contributed by atoms with Gasteiger partial charge in [-0.15, -0.1) is 0 Å². The van der Waals surface area contributed by atoms with Crippen molar-refractivity contribution in [3.63, 3.8) is 0 Å². The molecule has 0 aliphatic carbocycles. The smallest absolute Gasteiger partial charge is 0.131 e. The van der Waals surface area contributed by atoms with Crippen LogP contribution in [0.15, 0.2) is 231 Å². The second-order valence-corrected chi connectivity index (χ2v) is 23.4. The van der Waals surface area contributed by atoms with E-state index in [1.807, 2.05) is 24.3 Å². The SMILES string of the molecule is CC(C)(C)c1c(-c2ccccc2F)c(-n2c3ccccc3c3ccc4c(c5ccccc5n4-c4ccccc4)c32)c(C(C)(C)C)c(-n2c3ccccc3c3ccc4c(c5ccccc5n4-c4ccccc4)c32)c1-c1ccccc1F. The van der Waals surface area contributed by atoms with Crippen LogP contribution in [0.25, 0.3) is 132 Å². The van der Waals surface area contributed by atoms with Gasteiger partial charge < -0.3 is 18.3 Å². The molecule has 0 unspecified atom stereocenters. The summed E-state index contributed by atoms with van der Waals surface area (Å²) in [5.41, 5.74) is 14.7. The van der Waals surface area contributed by atoms with Crippen LogP contribution >= 0.6 is 0 Å². The van der Waals surface area contributed by atoms with Crippen molar-refractivity contribution in [1.82, 2.24) is 18.3 Å². The summed E-state index contributed by atoms with van der Waals surface area (Å²) in [6.07, 6.45) is 0. The minimum atomic E-state index is -0.732. The van der Waals surface area contributed by atoms with Crippen LogP contribution in [0.4, 0.5) is 8.78 Å². The molecule has 6 heteroatoms. The maximum Gasteiger partial charge on any atom is 0.131 e. The van der Waals surface area contributed by atoms with E-state index in [1.54, 1.807) is 24.3 Å². The lowest BCUT2D eigenvalue weighted by atomic mass is 9.71. The van der Waals surface area contributed by atoms with E-state index in [1.165, 1.54) is 0 Å². The fourth-order valence-corrected chi connectivity index (χ4v) is 13.7. The highest BCUT2D eigenvalue weighted by atomic mass is 19.1. The van der Waals surface area contributed by atoms with Crippen LogP contribution in [0.2, 0.25) is 0 Å². The number of hydrogen-bond donors (Lipinski definition) is 0. The van der Waals surface area contributed by atoms with E-state index in [0.717, 1.165) is 132 Å². The molecule has 0 saturated carbocycles. The molecule has 0 bridgehead atoms. The van der Waals surface area contributed by atoms with Gasteiger partial charge >= 0.3 is 0 Å². The Morgan fingerprint density at radius 1 is 0.275 bits per heavy atom. The highest BCUT2D eigenvalue weighted by Crippen LogP contribution is 2.56. The highest BCUT2D eigenvalue weighted by molar-refractivity contribution is 6.28. The number of para-hydroxylation sites is 6. The number of hydrogen-bond acceptors (Lipinski definition) is 0. The normalized spacial score (nSPS) is 12.5. The molecule has 0 amide bonds. The van der Waals surface area contributed by atoms with E-state index >= 15 is 8.78 Å². The van der Waals surface area contributed by atoms with Crippen LogP contribution in [0.3, 0.4) is 0 Å². The van der Waals surface area contributed by atoms with Gasteiger partial charge in [0.1, 0.15) is 11.6 Å². The van der Waals surface area contributed by atoms with Gasteiger partial charge in [-0.1, -0.05) is 199 Å². The first-order valence-corrected chi connectivity index (χ1v) is 27.7. The predicted octanol–water partition coefficient (Wildman–Crippen LogP) is 20.3. The molecule has 11 aromatic carbocycles. The van der Waals surface area contributed by atoms with Crippen LogP contribution in [-0.4, -0.2) is 18.3 Å². The molecule has 80 heavy (non-hydrogen) atoms. The van der Waals surface area contributed by atoms with Crippen molar-refractivity contribution >= 4 is 87.2 Å². The maximum atomic E-state index is 17.9. The molecule has 0 radical (unpaired) electrons. The molecule has 386 valence electrons. The van der Waals surface area contributed by atoms with E-state index in [0.29, 0.717) is 11.1 Å². The zero-order valence-electron chi connectivity index (χ0n) is 45.5. The van der Waals surface area contributed by atoms with Crippen LogP contribution in [0, 0.1) is 11.6 Å². The molecule has 0 aliphatic heterocycles. The van der Waals surface area contributed by atoms with E-state index < -0.39 is 10.8 Å². The second kappa shape index (κ2) is 17.5. The summed E-state index contributed by atoms with van der Waals surface area (Å²) in [4.78, 5) is 0. The Balaban J connectivity index is 1.28. The molecule has 4 nitrogen and oxygen atoms in total. The van der Waals surface area contributed by atoms with Crippen LogP contribution in [0.5, 0.6) is 0 Å². The molecule has 15 rings (SSSR count). The largest absolute Gasteiger partial charge is 0.309 e. The van der Waals surface area contributed by atoms with Gasteiger partial charge in [-0.3, -0.25) is 0 Å². The zero-order valence-corrected chi connectivity index (χ0v) is 45.5. The number of fused-ring (bicyclic) bond motifs is 14. The Bertz CT molecular complexity index is 4730. The molecule has 0 aliphatic rings. The Labute approximate surface area is 462 Å². The second-order valence-electron chi connectivity index (χ2n) is 23.4. The third-order valence-corrected chi connectivity index (χ3v) is 16.6. The van der Waals surface area contributed by atoms with Gasteiger partial charge in [0.05, 0.1) is 55.5 Å². The number of benzene rings is 11. The summed E-state index contributed by atoms with van der Waals surface area (Å²) in [6, 6.07) is 79.4. The average Bonchev–Trinajstić information content (AvgIpc) is 2.44.